The van der Waals surface area contributed by atoms with Crippen LogP contribution in [0.5, 0.6) is 5.75 Å². The molecule has 2 rings (SSSR count). The summed E-state index contributed by atoms with van der Waals surface area (Å²) in [5.41, 5.74) is 3.23. The van der Waals surface area contributed by atoms with E-state index >= 15 is 0 Å². The van der Waals surface area contributed by atoms with Gasteiger partial charge >= 0.3 is 0 Å². The van der Waals surface area contributed by atoms with Crippen LogP contribution in [0.1, 0.15) is 30.9 Å². The van der Waals surface area contributed by atoms with Crippen molar-refractivity contribution in [2.45, 2.75) is 44.9 Å². The number of hydrogen-bond acceptors (Lipinski definition) is 3. The number of benzene rings is 1. The molecule has 1 aromatic carbocycles. The monoisotopic (exact) mass is 251 g/mol. The largest absolute Gasteiger partial charge is 0.508 e. The Labute approximate surface area is 108 Å². The second-order valence-electron chi connectivity index (χ2n) is 4.92. The first-order chi connectivity index (χ1) is 8.08. The Hall–Kier alpha value is -0.830. The zero-order valence-electron chi connectivity index (χ0n) is 10.8. The highest BCUT2D eigenvalue weighted by atomic mass is 32.2. The Morgan fingerprint density at radius 3 is 2.76 bits per heavy atom. The van der Waals surface area contributed by atoms with Crippen LogP contribution in [0.4, 0.5) is 5.69 Å². The van der Waals surface area contributed by atoms with Gasteiger partial charge in [0, 0.05) is 17.0 Å². The molecule has 1 aliphatic heterocycles. The molecule has 0 bridgehead atoms. The lowest BCUT2D eigenvalue weighted by Gasteiger charge is -2.30. The zero-order chi connectivity index (χ0) is 12.4. The van der Waals surface area contributed by atoms with Crippen molar-refractivity contribution >= 4 is 17.4 Å². The van der Waals surface area contributed by atoms with E-state index in [-0.39, 0.29) is 0 Å². The fourth-order valence-electron chi connectivity index (χ4n) is 2.27. The lowest BCUT2D eigenvalue weighted by Crippen LogP contribution is -2.33. The van der Waals surface area contributed by atoms with E-state index < -0.39 is 0 Å². The molecule has 1 heterocycles. The first-order valence-electron chi connectivity index (χ1n) is 6.26. The molecule has 3 heteroatoms. The number of anilines is 1. The molecule has 0 aliphatic carbocycles. The molecule has 1 fully saturated rings. The van der Waals surface area contributed by atoms with Gasteiger partial charge in [0.05, 0.1) is 0 Å². The summed E-state index contributed by atoms with van der Waals surface area (Å²) in [5, 5.41) is 13.9. The van der Waals surface area contributed by atoms with Crippen molar-refractivity contribution in [3.63, 3.8) is 0 Å². The summed E-state index contributed by atoms with van der Waals surface area (Å²) in [6, 6.07) is 4.45. The van der Waals surface area contributed by atoms with Crippen molar-refractivity contribution in [1.82, 2.24) is 0 Å². The maximum absolute atomic E-state index is 9.65. The van der Waals surface area contributed by atoms with Gasteiger partial charge < -0.3 is 10.4 Å². The lowest BCUT2D eigenvalue weighted by molar-refractivity contribution is 0.470. The molecule has 17 heavy (non-hydrogen) atoms. The van der Waals surface area contributed by atoms with Crippen molar-refractivity contribution in [3.05, 3.63) is 23.3 Å². The number of nitrogens with one attached hydrogen (secondary N) is 1. The lowest BCUT2D eigenvalue weighted by atomic mass is 10.1. The van der Waals surface area contributed by atoms with Gasteiger partial charge in [-0.3, -0.25) is 0 Å². The molecule has 0 aromatic heterocycles. The molecule has 2 nitrogen and oxygen atoms in total. The number of aryl methyl sites for hydroxylation is 2. The minimum atomic E-state index is 0.388. The second kappa shape index (κ2) is 5.21. The molecule has 1 aromatic rings. The first-order valence-corrected chi connectivity index (χ1v) is 7.31. The van der Waals surface area contributed by atoms with E-state index in [1.54, 1.807) is 0 Å². The smallest absolute Gasteiger partial charge is 0.118 e. The minimum absolute atomic E-state index is 0.388. The summed E-state index contributed by atoms with van der Waals surface area (Å²) in [5.74, 6) is 1.67. The van der Waals surface area contributed by atoms with Crippen molar-refractivity contribution < 1.29 is 5.11 Å². The highest BCUT2D eigenvalue weighted by Gasteiger charge is 2.22. The summed E-state index contributed by atoms with van der Waals surface area (Å²) in [6.07, 6.45) is 2.54. The zero-order valence-corrected chi connectivity index (χ0v) is 11.6. The van der Waals surface area contributed by atoms with Gasteiger partial charge in [0.2, 0.25) is 0 Å². The molecule has 1 saturated heterocycles. The predicted molar refractivity (Wildman–Crippen MR) is 76.1 cm³/mol. The minimum Gasteiger partial charge on any atom is -0.508 e. The number of phenols is 1. The SMILES string of the molecule is Cc1cc(NC2CCCSC2C)c(C)cc1O. The normalized spacial score (nSPS) is 24.6. The topological polar surface area (TPSA) is 32.3 Å². The van der Waals surface area contributed by atoms with Crippen molar-refractivity contribution in [3.8, 4) is 5.75 Å². The van der Waals surface area contributed by atoms with Crippen LogP contribution in [0.15, 0.2) is 12.1 Å². The summed E-state index contributed by atoms with van der Waals surface area (Å²) in [6.45, 7) is 6.28. The van der Waals surface area contributed by atoms with Crippen LogP contribution < -0.4 is 5.32 Å². The molecule has 0 amide bonds. The van der Waals surface area contributed by atoms with Crippen molar-refractivity contribution in [2.24, 2.45) is 0 Å². The molecular weight excluding hydrogens is 230 g/mol. The average Bonchev–Trinajstić information content (AvgIpc) is 2.29. The molecule has 2 N–H and O–H groups in total. The van der Waals surface area contributed by atoms with Gasteiger partial charge in [-0.2, -0.15) is 11.8 Å². The molecule has 2 unspecified atom stereocenters. The molecule has 0 saturated carbocycles. The van der Waals surface area contributed by atoms with Gasteiger partial charge in [-0.1, -0.05) is 6.92 Å². The van der Waals surface area contributed by atoms with Crippen LogP contribution >= 0.6 is 11.8 Å². The quantitative estimate of drug-likeness (QED) is 0.786. The fraction of sp³-hybridized carbons (Fsp3) is 0.571. The molecule has 0 radical (unpaired) electrons. The summed E-state index contributed by atoms with van der Waals surface area (Å²) < 4.78 is 0. The number of hydrogen-bond donors (Lipinski definition) is 2. The summed E-state index contributed by atoms with van der Waals surface area (Å²) in [7, 11) is 0. The molecule has 0 spiro atoms. The van der Waals surface area contributed by atoms with E-state index in [1.165, 1.54) is 24.3 Å². The molecule has 1 aliphatic rings. The highest BCUT2D eigenvalue weighted by molar-refractivity contribution is 8.00. The Bertz CT molecular complexity index is 405. The van der Waals surface area contributed by atoms with E-state index in [1.807, 2.05) is 31.7 Å². The van der Waals surface area contributed by atoms with E-state index in [9.17, 15) is 5.11 Å². The number of thioether (sulfide) groups is 1. The standard InChI is InChI=1S/C14H21NOS/c1-9-8-14(16)10(2)7-13(9)15-12-5-4-6-17-11(12)3/h7-8,11-12,15-16H,4-6H2,1-3H3. The summed E-state index contributed by atoms with van der Waals surface area (Å²) in [4.78, 5) is 0. The van der Waals surface area contributed by atoms with Crippen molar-refractivity contribution in [1.29, 1.82) is 0 Å². The maximum Gasteiger partial charge on any atom is 0.118 e. The third kappa shape index (κ3) is 2.89. The Morgan fingerprint density at radius 1 is 1.29 bits per heavy atom. The number of aromatic hydroxyl groups is 1. The first kappa shape index (κ1) is 12.6. The van der Waals surface area contributed by atoms with Crippen LogP contribution in [0.3, 0.4) is 0 Å². The molecule has 2 atom stereocenters. The second-order valence-corrected chi connectivity index (χ2v) is 6.41. The maximum atomic E-state index is 9.65. The van der Waals surface area contributed by atoms with Gasteiger partial charge in [-0.25, -0.2) is 0 Å². The van der Waals surface area contributed by atoms with Gasteiger partial charge in [0.1, 0.15) is 5.75 Å². The fourth-order valence-corrected chi connectivity index (χ4v) is 3.41. The third-order valence-corrected chi connectivity index (χ3v) is 4.87. The van der Waals surface area contributed by atoms with Crippen LogP contribution in [-0.4, -0.2) is 22.2 Å². The van der Waals surface area contributed by atoms with Crippen molar-refractivity contribution in [2.75, 3.05) is 11.1 Å². The van der Waals surface area contributed by atoms with Gasteiger partial charge in [-0.05, 0) is 55.7 Å². The van der Waals surface area contributed by atoms with Gasteiger partial charge in [0.25, 0.3) is 0 Å². The highest BCUT2D eigenvalue weighted by Crippen LogP contribution is 2.30. The van der Waals surface area contributed by atoms with E-state index in [2.05, 4.69) is 18.3 Å². The third-order valence-electron chi connectivity index (χ3n) is 3.49. The van der Waals surface area contributed by atoms with Gasteiger partial charge in [0.15, 0.2) is 0 Å². The van der Waals surface area contributed by atoms with Crippen LogP contribution in [0.25, 0.3) is 0 Å². The van der Waals surface area contributed by atoms with E-state index in [4.69, 9.17) is 0 Å². The average molecular weight is 251 g/mol. The van der Waals surface area contributed by atoms with Crippen LogP contribution in [0.2, 0.25) is 0 Å². The van der Waals surface area contributed by atoms with Gasteiger partial charge in [-0.15, -0.1) is 0 Å². The predicted octanol–water partition coefficient (Wildman–Crippen LogP) is 3.71. The Kier molecular flexibility index (Phi) is 3.87. The van der Waals surface area contributed by atoms with Crippen LogP contribution in [0, 0.1) is 13.8 Å². The molecular formula is C14H21NOS. The number of rotatable bonds is 2. The molecule has 94 valence electrons. The summed E-state index contributed by atoms with van der Waals surface area (Å²) >= 11 is 2.05. The van der Waals surface area contributed by atoms with E-state index in [0.717, 1.165) is 11.1 Å². The van der Waals surface area contributed by atoms with Crippen LogP contribution in [-0.2, 0) is 0 Å². The Morgan fingerprint density at radius 2 is 2.06 bits per heavy atom. The Balaban J connectivity index is 2.15. The van der Waals surface area contributed by atoms with E-state index in [0.29, 0.717) is 17.0 Å². The number of phenolic OH excluding ortho intramolecular Hbond substituents is 1.